The number of hydrogen-bond donors (Lipinski definition) is 1. The molecule has 1 unspecified atom stereocenters. The Balaban J connectivity index is 1.19. The third-order valence-electron chi connectivity index (χ3n) is 6.07. The van der Waals surface area contributed by atoms with Crippen LogP contribution in [-0.2, 0) is 30.5 Å². The molecule has 3 heterocycles. The molecule has 2 fully saturated rings. The molecule has 0 aliphatic carbocycles. The molecule has 2 saturated heterocycles. The summed E-state index contributed by atoms with van der Waals surface area (Å²) < 4.78 is 10.6. The van der Waals surface area contributed by atoms with Crippen LogP contribution < -0.4 is 5.32 Å². The lowest BCUT2D eigenvalue weighted by molar-refractivity contribution is -0.150. The van der Waals surface area contributed by atoms with Gasteiger partial charge in [-0.05, 0) is 30.5 Å². The van der Waals surface area contributed by atoms with Gasteiger partial charge in [0.2, 0.25) is 11.8 Å². The van der Waals surface area contributed by atoms with Crippen molar-refractivity contribution in [3.8, 4) is 0 Å². The number of ether oxygens (including phenoxy) is 2. The molecule has 0 saturated carbocycles. The average Bonchev–Trinajstić information content (AvgIpc) is 3.30. The number of anilines is 1. The molecule has 0 radical (unpaired) electrons. The zero-order valence-electron chi connectivity index (χ0n) is 20.0. The number of hydrogen-bond acceptors (Lipinski definition) is 8. The molecule has 1 atom stereocenters. The van der Waals surface area contributed by atoms with Gasteiger partial charge in [0.1, 0.15) is 19.0 Å². The molecule has 2 aliphatic rings. The summed E-state index contributed by atoms with van der Waals surface area (Å²) in [6.45, 7) is 0.966. The Hall–Kier alpha value is -3.31. The Morgan fingerprint density at radius 2 is 1.86 bits per heavy atom. The Labute approximate surface area is 223 Å². The second-order valence-electron chi connectivity index (χ2n) is 8.61. The standard InChI is InChI=1S/C25H27ClN4O6S/c26-18-6-7-21(27-12-18)28-22(31)15-37-16-23(32)29-10-8-19(9-11-29)30-20(14-36-25(30)34)24(33)35-13-17-4-2-1-3-5-17/h1-7,12,19-20H,8-11,13-16H2,(H,27,28,31). The van der Waals surface area contributed by atoms with Crippen molar-refractivity contribution in [2.45, 2.75) is 31.5 Å². The maximum atomic E-state index is 12.7. The van der Waals surface area contributed by atoms with Gasteiger partial charge in [0, 0.05) is 25.3 Å². The number of nitrogens with one attached hydrogen (secondary N) is 1. The fraction of sp³-hybridized carbons (Fsp3) is 0.400. The van der Waals surface area contributed by atoms with Crippen molar-refractivity contribution < 1.29 is 28.7 Å². The first-order valence-corrected chi connectivity index (χ1v) is 13.4. The lowest BCUT2D eigenvalue weighted by Gasteiger charge is -2.37. The highest BCUT2D eigenvalue weighted by molar-refractivity contribution is 8.00. The largest absolute Gasteiger partial charge is 0.459 e. The van der Waals surface area contributed by atoms with Crippen molar-refractivity contribution in [1.29, 1.82) is 0 Å². The summed E-state index contributed by atoms with van der Waals surface area (Å²) >= 11 is 7.00. The predicted octanol–water partition coefficient (Wildman–Crippen LogP) is 2.96. The number of benzene rings is 1. The third kappa shape index (κ3) is 7.36. The van der Waals surface area contributed by atoms with Crippen LogP contribution in [0, 0.1) is 0 Å². The Kier molecular flexibility index (Phi) is 9.24. The first-order chi connectivity index (χ1) is 17.9. The van der Waals surface area contributed by atoms with Crippen LogP contribution in [0.4, 0.5) is 10.6 Å². The number of esters is 1. The van der Waals surface area contributed by atoms with Gasteiger partial charge in [-0.25, -0.2) is 14.6 Å². The summed E-state index contributed by atoms with van der Waals surface area (Å²) in [5.74, 6) is -0.180. The molecular weight excluding hydrogens is 520 g/mol. The topological polar surface area (TPSA) is 118 Å². The van der Waals surface area contributed by atoms with E-state index in [1.807, 2.05) is 30.3 Å². The second kappa shape index (κ2) is 12.8. The van der Waals surface area contributed by atoms with Crippen molar-refractivity contribution in [2.24, 2.45) is 0 Å². The fourth-order valence-electron chi connectivity index (χ4n) is 4.19. The zero-order chi connectivity index (χ0) is 26.2. The molecule has 0 spiro atoms. The van der Waals surface area contributed by atoms with Gasteiger partial charge in [-0.15, -0.1) is 11.8 Å². The van der Waals surface area contributed by atoms with Crippen LogP contribution in [0.25, 0.3) is 0 Å². The molecule has 3 amide bonds. The Morgan fingerprint density at radius 1 is 1.11 bits per heavy atom. The molecule has 10 nitrogen and oxygen atoms in total. The van der Waals surface area contributed by atoms with Crippen molar-refractivity contribution in [3.63, 3.8) is 0 Å². The van der Waals surface area contributed by atoms with E-state index in [9.17, 15) is 19.2 Å². The van der Waals surface area contributed by atoms with Crippen molar-refractivity contribution >= 4 is 53.1 Å². The molecule has 4 rings (SSSR count). The van der Waals surface area contributed by atoms with Gasteiger partial charge in [-0.3, -0.25) is 14.5 Å². The molecule has 2 aliphatic heterocycles. The maximum absolute atomic E-state index is 12.7. The summed E-state index contributed by atoms with van der Waals surface area (Å²) in [4.78, 5) is 57.0. The van der Waals surface area contributed by atoms with E-state index in [-0.39, 0.29) is 42.6 Å². The van der Waals surface area contributed by atoms with Crippen LogP contribution in [0.2, 0.25) is 5.02 Å². The molecule has 196 valence electrons. The Morgan fingerprint density at radius 3 is 2.57 bits per heavy atom. The first kappa shape index (κ1) is 26.7. The van der Waals surface area contributed by atoms with E-state index < -0.39 is 18.1 Å². The monoisotopic (exact) mass is 546 g/mol. The van der Waals surface area contributed by atoms with Gasteiger partial charge in [0.15, 0.2) is 6.04 Å². The van der Waals surface area contributed by atoms with Crippen LogP contribution in [-0.4, -0.2) is 81.9 Å². The number of likely N-dealkylation sites (tertiary alicyclic amines) is 1. The van der Waals surface area contributed by atoms with E-state index in [1.54, 1.807) is 17.0 Å². The molecule has 0 bridgehead atoms. The van der Waals surface area contributed by atoms with Crippen molar-refractivity contribution in [1.82, 2.24) is 14.8 Å². The van der Waals surface area contributed by atoms with Gasteiger partial charge in [0.25, 0.3) is 0 Å². The van der Waals surface area contributed by atoms with Crippen LogP contribution in [0.15, 0.2) is 48.7 Å². The SMILES string of the molecule is O=C(CSCC(=O)N1CCC(N2C(=O)OCC2C(=O)OCc2ccccc2)CC1)Nc1ccc(Cl)cn1. The molecule has 2 aromatic rings. The van der Waals surface area contributed by atoms with E-state index in [1.165, 1.54) is 22.9 Å². The molecular formula is C25H27ClN4O6S. The van der Waals surface area contributed by atoms with Crippen LogP contribution in [0.3, 0.4) is 0 Å². The van der Waals surface area contributed by atoms with E-state index >= 15 is 0 Å². The second-order valence-corrected chi connectivity index (χ2v) is 10.0. The quantitative estimate of drug-likeness (QED) is 0.477. The smallest absolute Gasteiger partial charge is 0.410 e. The maximum Gasteiger partial charge on any atom is 0.410 e. The minimum atomic E-state index is -0.798. The van der Waals surface area contributed by atoms with Gasteiger partial charge in [0.05, 0.1) is 16.5 Å². The van der Waals surface area contributed by atoms with Gasteiger partial charge < -0.3 is 19.7 Å². The minimum absolute atomic E-state index is 0.0458. The number of carbonyl (C=O) groups is 4. The highest BCUT2D eigenvalue weighted by atomic mass is 35.5. The third-order valence-corrected chi connectivity index (χ3v) is 7.21. The van der Waals surface area contributed by atoms with Crippen LogP contribution >= 0.6 is 23.4 Å². The number of carbonyl (C=O) groups excluding carboxylic acids is 4. The van der Waals surface area contributed by atoms with E-state index in [0.29, 0.717) is 36.8 Å². The number of halogens is 1. The number of amides is 3. The van der Waals surface area contributed by atoms with Crippen LogP contribution in [0.1, 0.15) is 18.4 Å². The van der Waals surface area contributed by atoms with E-state index in [0.717, 1.165) is 5.56 Å². The summed E-state index contributed by atoms with van der Waals surface area (Å²) in [7, 11) is 0. The highest BCUT2D eigenvalue weighted by Crippen LogP contribution is 2.25. The number of rotatable bonds is 9. The Bertz CT molecular complexity index is 1110. The molecule has 1 aromatic heterocycles. The van der Waals surface area contributed by atoms with E-state index in [4.69, 9.17) is 21.1 Å². The summed E-state index contributed by atoms with van der Waals surface area (Å²) in [5.41, 5.74) is 0.858. The summed E-state index contributed by atoms with van der Waals surface area (Å²) in [5, 5.41) is 3.13. The molecule has 1 N–H and O–H groups in total. The number of pyridine rings is 1. The molecule has 37 heavy (non-hydrogen) atoms. The molecule has 1 aromatic carbocycles. The lowest BCUT2D eigenvalue weighted by Crippen LogP contribution is -2.52. The zero-order valence-corrected chi connectivity index (χ0v) is 21.6. The van der Waals surface area contributed by atoms with Gasteiger partial charge in [-0.1, -0.05) is 41.9 Å². The molecule has 12 heteroatoms. The number of thioether (sulfide) groups is 1. The normalized spacial score (nSPS) is 17.9. The lowest BCUT2D eigenvalue weighted by atomic mass is 10.0. The number of piperidine rings is 1. The van der Waals surface area contributed by atoms with Crippen molar-refractivity contribution in [3.05, 3.63) is 59.2 Å². The summed E-state index contributed by atoms with van der Waals surface area (Å²) in [6.07, 6.45) is 1.95. The average molecular weight is 547 g/mol. The summed E-state index contributed by atoms with van der Waals surface area (Å²) in [6, 6.07) is 11.5. The number of aromatic nitrogens is 1. The van der Waals surface area contributed by atoms with Gasteiger partial charge >= 0.3 is 12.1 Å². The first-order valence-electron chi connectivity index (χ1n) is 11.8. The van der Waals surface area contributed by atoms with Gasteiger partial charge in [-0.2, -0.15) is 0 Å². The number of cyclic esters (lactones) is 1. The fourth-order valence-corrected chi connectivity index (χ4v) is 5.02. The number of nitrogens with zero attached hydrogens (tertiary/aromatic N) is 3. The highest BCUT2D eigenvalue weighted by Gasteiger charge is 2.44. The minimum Gasteiger partial charge on any atom is -0.459 e. The van der Waals surface area contributed by atoms with Crippen LogP contribution in [0.5, 0.6) is 0 Å². The van der Waals surface area contributed by atoms with Crippen molar-refractivity contribution in [2.75, 3.05) is 36.5 Å². The van der Waals surface area contributed by atoms with E-state index in [2.05, 4.69) is 10.3 Å². The predicted molar refractivity (Wildman–Crippen MR) is 138 cm³/mol.